The molecule has 0 radical (unpaired) electrons. The number of carbonyl (C=O) groups is 1. The Morgan fingerprint density at radius 3 is 2.38 bits per heavy atom. The number of benzene rings is 1. The molecule has 1 rings (SSSR count). The first kappa shape index (κ1) is 17.5. The lowest BCUT2D eigenvalue weighted by Crippen LogP contribution is -2.47. The number of carbonyl (C=O) groups excluding carboxylic acids is 1. The van der Waals surface area contributed by atoms with Gasteiger partial charge in [0.1, 0.15) is 5.75 Å². The smallest absolute Gasteiger partial charge is 0.463 e. The van der Waals surface area contributed by atoms with Crippen molar-refractivity contribution in [3.63, 3.8) is 0 Å². The molecule has 0 aromatic heterocycles. The quantitative estimate of drug-likeness (QED) is 0.818. The van der Waals surface area contributed by atoms with Crippen LogP contribution >= 0.6 is 11.6 Å². The summed E-state index contributed by atoms with van der Waals surface area (Å²) in [4.78, 5) is 11.0. The van der Waals surface area contributed by atoms with E-state index < -0.39 is 18.0 Å². The molecule has 0 fully saturated rings. The van der Waals surface area contributed by atoms with E-state index in [1.807, 2.05) is 6.92 Å². The van der Waals surface area contributed by atoms with Gasteiger partial charge in [0.25, 0.3) is 0 Å². The van der Waals surface area contributed by atoms with Crippen molar-refractivity contribution in [3.05, 3.63) is 23.2 Å². The van der Waals surface area contributed by atoms with E-state index in [1.165, 1.54) is 11.4 Å². The fourth-order valence-electron chi connectivity index (χ4n) is 1.25. The Kier molecular flexibility index (Phi) is 5.38. The molecule has 0 spiro atoms. The monoisotopic (exact) mass is 331 g/mol. The molecule has 9 heteroatoms. The van der Waals surface area contributed by atoms with Crippen LogP contribution in [-0.4, -0.2) is 24.6 Å². The molecule has 0 atom stereocenters. The van der Waals surface area contributed by atoms with E-state index >= 15 is 0 Å². The van der Waals surface area contributed by atoms with Crippen molar-refractivity contribution in [1.29, 1.82) is 0 Å². The minimum atomic E-state index is -5.97. The van der Waals surface area contributed by atoms with Gasteiger partial charge in [-0.15, -0.1) is 0 Å². The number of alkyl halides is 5. The first-order valence-electron chi connectivity index (χ1n) is 5.78. The number of nitrogens with one attached hydrogen (secondary N) is 1. The van der Waals surface area contributed by atoms with Crippen LogP contribution in [0.1, 0.15) is 13.3 Å². The second-order valence-corrected chi connectivity index (χ2v) is 4.43. The van der Waals surface area contributed by atoms with E-state index in [2.05, 4.69) is 0 Å². The van der Waals surface area contributed by atoms with Crippen molar-refractivity contribution in [2.75, 3.05) is 11.9 Å². The molecule has 0 heterocycles. The first-order valence-corrected chi connectivity index (χ1v) is 6.15. The fraction of sp³-hybridized carbons (Fsp3) is 0.417. The summed E-state index contributed by atoms with van der Waals surface area (Å²) in [7, 11) is 0. The van der Waals surface area contributed by atoms with E-state index in [1.54, 1.807) is 0 Å². The molecule has 0 saturated carbocycles. The van der Waals surface area contributed by atoms with Crippen LogP contribution in [0.2, 0.25) is 5.02 Å². The molecule has 1 aromatic carbocycles. The number of ether oxygens (including phenoxy) is 1. The lowest BCUT2D eigenvalue weighted by Gasteiger charge is -2.19. The van der Waals surface area contributed by atoms with Gasteiger partial charge in [0.15, 0.2) is 0 Å². The van der Waals surface area contributed by atoms with Crippen LogP contribution in [-0.2, 0) is 4.79 Å². The van der Waals surface area contributed by atoms with Gasteiger partial charge in [0, 0.05) is 5.69 Å². The topological polar surface area (TPSA) is 38.3 Å². The third-order valence-corrected chi connectivity index (χ3v) is 2.59. The number of anilines is 1. The molecule has 3 nitrogen and oxygen atoms in total. The van der Waals surface area contributed by atoms with Crippen LogP contribution < -0.4 is 10.1 Å². The maximum atomic E-state index is 12.8. The highest BCUT2D eigenvalue weighted by atomic mass is 35.5. The van der Waals surface area contributed by atoms with Crippen LogP contribution in [0.15, 0.2) is 18.2 Å². The molecule has 0 unspecified atom stereocenters. The van der Waals surface area contributed by atoms with Crippen molar-refractivity contribution in [1.82, 2.24) is 0 Å². The maximum Gasteiger partial charge on any atom is 0.463 e. The molecule has 118 valence electrons. The van der Waals surface area contributed by atoms with Crippen molar-refractivity contribution < 1.29 is 31.5 Å². The number of rotatable bonds is 5. The van der Waals surface area contributed by atoms with Crippen LogP contribution in [0, 0.1) is 0 Å². The number of halogens is 6. The first-order chi connectivity index (χ1) is 9.59. The third-order valence-electron chi connectivity index (χ3n) is 2.29. The van der Waals surface area contributed by atoms with Crippen molar-refractivity contribution in [2.45, 2.75) is 25.4 Å². The van der Waals surface area contributed by atoms with Gasteiger partial charge in [-0.3, -0.25) is 4.79 Å². The summed E-state index contributed by atoms with van der Waals surface area (Å²) in [5.74, 6) is -7.73. The molecule has 0 aliphatic heterocycles. The summed E-state index contributed by atoms with van der Waals surface area (Å²) in [6.45, 7) is 2.21. The van der Waals surface area contributed by atoms with Crippen LogP contribution in [0.25, 0.3) is 0 Å². The second kappa shape index (κ2) is 6.46. The molecule has 1 amide bonds. The average Bonchev–Trinajstić information content (AvgIpc) is 2.36. The van der Waals surface area contributed by atoms with Gasteiger partial charge in [-0.2, -0.15) is 22.0 Å². The van der Waals surface area contributed by atoms with Crippen molar-refractivity contribution in [3.8, 4) is 5.75 Å². The summed E-state index contributed by atoms with van der Waals surface area (Å²) in [6.07, 6.45) is -5.27. The van der Waals surface area contributed by atoms with Crippen LogP contribution in [0.3, 0.4) is 0 Å². The van der Waals surface area contributed by atoms with Crippen LogP contribution in [0.5, 0.6) is 5.75 Å². The lowest BCUT2D eigenvalue weighted by atomic mass is 10.2. The lowest BCUT2D eigenvalue weighted by molar-refractivity contribution is -0.267. The molecule has 0 aliphatic rings. The Morgan fingerprint density at radius 1 is 1.29 bits per heavy atom. The molecule has 1 N–H and O–H groups in total. The Bertz CT molecular complexity index is 519. The molecule has 0 bridgehead atoms. The predicted molar refractivity (Wildman–Crippen MR) is 66.9 cm³/mol. The Hall–Kier alpha value is -1.57. The second-order valence-electron chi connectivity index (χ2n) is 4.02. The minimum Gasteiger partial charge on any atom is -0.492 e. The zero-order valence-corrected chi connectivity index (χ0v) is 11.5. The molecule has 0 saturated heterocycles. The van der Waals surface area contributed by atoms with Gasteiger partial charge in [-0.1, -0.05) is 18.5 Å². The largest absolute Gasteiger partial charge is 0.492 e. The molecule has 21 heavy (non-hydrogen) atoms. The van der Waals surface area contributed by atoms with E-state index in [4.69, 9.17) is 16.3 Å². The molecular weight excluding hydrogens is 321 g/mol. The Labute approximate surface area is 122 Å². The summed E-state index contributed by atoms with van der Waals surface area (Å²) >= 11 is 5.77. The summed E-state index contributed by atoms with van der Waals surface area (Å²) in [6, 6.07) is 3.40. The highest BCUT2D eigenvalue weighted by Gasteiger charge is 2.63. The van der Waals surface area contributed by atoms with E-state index in [0.29, 0.717) is 13.0 Å². The minimum absolute atomic E-state index is 0.0171. The van der Waals surface area contributed by atoms with Gasteiger partial charge < -0.3 is 10.1 Å². The third kappa shape index (κ3) is 4.20. The Balaban J connectivity index is 2.85. The van der Waals surface area contributed by atoms with Gasteiger partial charge in [0.05, 0.1) is 11.6 Å². The van der Waals surface area contributed by atoms with Gasteiger partial charge >= 0.3 is 18.0 Å². The Morgan fingerprint density at radius 2 is 1.90 bits per heavy atom. The van der Waals surface area contributed by atoms with Gasteiger partial charge in [0.2, 0.25) is 0 Å². The molecular formula is C12H11ClF5NO2. The van der Waals surface area contributed by atoms with Crippen molar-refractivity contribution in [2.24, 2.45) is 0 Å². The zero-order valence-electron chi connectivity index (χ0n) is 10.7. The SMILES string of the molecule is CCCOc1ccc(NC(=O)C(F)(F)C(F)(F)F)cc1Cl. The molecule has 0 aliphatic carbocycles. The standard InChI is InChI=1S/C12H11ClF5NO2/c1-2-5-21-9-4-3-7(6-8(9)13)19-10(20)11(14,15)12(16,17)18/h3-4,6H,2,5H2,1H3,(H,19,20). The number of hydrogen-bond acceptors (Lipinski definition) is 2. The van der Waals surface area contributed by atoms with E-state index in [9.17, 15) is 26.7 Å². The molecule has 1 aromatic rings. The maximum absolute atomic E-state index is 12.8. The summed E-state index contributed by atoms with van der Waals surface area (Å²) in [5, 5.41) is 1.45. The predicted octanol–water partition coefficient (Wildman–Crippen LogP) is 4.26. The number of hydrogen-bond donors (Lipinski definition) is 1. The van der Waals surface area contributed by atoms with E-state index in [-0.39, 0.29) is 16.5 Å². The van der Waals surface area contributed by atoms with E-state index in [0.717, 1.165) is 12.1 Å². The van der Waals surface area contributed by atoms with Crippen molar-refractivity contribution >= 4 is 23.2 Å². The summed E-state index contributed by atoms with van der Waals surface area (Å²) < 4.78 is 66.8. The van der Waals surface area contributed by atoms with Gasteiger partial charge in [-0.25, -0.2) is 0 Å². The summed E-state index contributed by atoms with van der Waals surface area (Å²) in [5.41, 5.74) is -0.294. The highest BCUT2D eigenvalue weighted by molar-refractivity contribution is 6.32. The highest BCUT2D eigenvalue weighted by Crippen LogP contribution is 2.36. The normalized spacial score (nSPS) is 12.1. The average molecular weight is 332 g/mol. The number of amides is 1. The fourth-order valence-corrected chi connectivity index (χ4v) is 1.48. The van der Waals surface area contributed by atoms with Gasteiger partial charge in [-0.05, 0) is 24.6 Å². The zero-order chi connectivity index (χ0) is 16.3. The van der Waals surface area contributed by atoms with Crippen LogP contribution in [0.4, 0.5) is 27.6 Å².